The van der Waals surface area contributed by atoms with Crippen LogP contribution < -0.4 is 5.73 Å². The summed E-state index contributed by atoms with van der Waals surface area (Å²) >= 11 is 0. The Kier molecular flexibility index (Phi) is 3.11. The first-order chi connectivity index (χ1) is 8.35. The monoisotopic (exact) mass is 267 g/mol. The average Bonchev–Trinajstić information content (AvgIpc) is 2.73. The topological polar surface area (TPSA) is 88.9 Å². The highest BCUT2D eigenvalue weighted by Crippen LogP contribution is 2.27. The van der Waals surface area contributed by atoms with Crippen molar-refractivity contribution < 1.29 is 8.42 Å². The van der Waals surface area contributed by atoms with Gasteiger partial charge in [0.2, 0.25) is 0 Å². The highest BCUT2D eigenvalue weighted by Gasteiger charge is 2.29. The van der Waals surface area contributed by atoms with Crippen molar-refractivity contribution in [2.75, 3.05) is 17.2 Å². The van der Waals surface area contributed by atoms with E-state index in [1.54, 1.807) is 0 Å². The predicted molar refractivity (Wildman–Crippen MR) is 69.8 cm³/mol. The molecule has 0 aromatic carbocycles. The molecule has 0 radical (unpaired) electrons. The molecule has 0 aliphatic carbocycles. The molecule has 0 bridgehead atoms. The number of nitrogen functional groups attached to an aromatic ring is 1. The van der Waals surface area contributed by atoms with Gasteiger partial charge in [-0.05, 0) is 31.7 Å². The van der Waals surface area contributed by atoms with Crippen LogP contribution in [0.1, 0.15) is 23.2 Å². The first kappa shape index (κ1) is 13.0. The highest BCUT2D eigenvalue weighted by molar-refractivity contribution is 7.91. The number of sulfone groups is 1. The van der Waals surface area contributed by atoms with Gasteiger partial charge in [0, 0.05) is 12.2 Å². The number of hydrogen-bond acceptors (Lipinski definition) is 4. The second kappa shape index (κ2) is 4.32. The fourth-order valence-corrected chi connectivity index (χ4v) is 4.39. The minimum Gasteiger partial charge on any atom is -0.384 e. The van der Waals surface area contributed by atoms with Gasteiger partial charge in [0.25, 0.3) is 0 Å². The van der Waals surface area contributed by atoms with Crippen molar-refractivity contribution in [2.24, 2.45) is 5.92 Å². The third kappa shape index (κ3) is 2.10. The molecule has 1 aliphatic rings. The van der Waals surface area contributed by atoms with Crippen molar-refractivity contribution in [3.63, 3.8) is 0 Å². The van der Waals surface area contributed by atoms with Gasteiger partial charge in [-0.25, -0.2) is 8.42 Å². The molecule has 1 aliphatic heterocycles. The second-order valence-corrected chi connectivity index (χ2v) is 7.19. The molecule has 6 heteroatoms. The van der Waals surface area contributed by atoms with Crippen LogP contribution in [0.4, 0.5) is 5.82 Å². The fraction of sp³-hybridized carbons (Fsp3) is 0.583. The molecule has 0 amide bonds. The third-order valence-corrected chi connectivity index (χ3v) is 5.59. The van der Waals surface area contributed by atoms with E-state index in [0.29, 0.717) is 24.3 Å². The zero-order valence-corrected chi connectivity index (χ0v) is 11.4. The van der Waals surface area contributed by atoms with Gasteiger partial charge in [0.05, 0.1) is 17.1 Å². The number of aromatic nitrogens is 1. The summed E-state index contributed by atoms with van der Waals surface area (Å²) in [7, 11) is -2.87. The number of anilines is 1. The lowest BCUT2D eigenvalue weighted by molar-refractivity contribution is 0.489. The maximum Gasteiger partial charge on any atom is 0.150 e. The van der Waals surface area contributed by atoms with Crippen LogP contribution in [0.15, 0.2) is 0 Å². The Morgan fingerprint density at radius 1 is 1.50 bits per heavy atom. The second-order valence-electron chi connectivity index (χ2n) is 4.96. The Bertz CT molecular complexity index is 623. The van der Waals surface area contributed by atoms with E-state index in [2.05, 4.69) is 6.07 Å². The first-order valence-electron chi connectivity index (χ1n) is 5.91. The maximum absolute atomic E-state index is 11.4. The number of rotatable bonds is 2. The summed E-state index contributed by atoms with van der Waals surface area (Å²) in [5.74, 6) is 1.05. The van der Waals surface area contributed by atoms with Gasteiger partial charge in [-0.2, -0.15) is 5.26 Å². The Hall–Kier alpha value is -1.48. The Morgan fingerprint density at radius 3 is 2.61 bits per heavy atom. The molecule has 18 heavy (non-hydrogen) atoms. The molecule has 2 N–H and O–H groups in total. The molecule has 0 spiro atoms. The van der Waals surface area contributed by atoms with E-state index in [4.69, 9.17) is 11.0 Å². The van der Waals surface area contributed by atoms with Gasteiger partial charge in [-0.3, -0.25) is 0 Å². The lowest BCUT2D eigenvalue weighted by Crippen LogP contribution is -2.15. The van der Waals surface area contributed by atoms with Crippen LogP contribution in [0.3, 0.4) is 0 Å². The molecule has 1 aromatic rings. The molecule has 1 atom stereocenters. The standard InChI is InChI=1S/C12H17N3O2S/c1-8-9(2)15(12(14)11(8)5-13)6-10-3-4-18(16,17)7-10/h10H,3-4,6-7,14H2,1-2H3. The normalized spacial score (nSPS) is 21.9. The van der Waals surface area contributed by atoms with Crippen molar-refractivity contribution in [2.45, 2.75) is 26.8 Å². The van der Waals surface area contributed by atoms with E-state index in [-0.39, 0.29) is 17.4 Å². The molecule has 5 nitrogen and oxygen atoms in total. The van der Waals surface area contributed by atoms with E-state index in [1.165, 1.54) is 0 Å². The largest absolute Gasteiger partial charge is 0.384 e. The van der Waals surface area contributed by atoms with Crippen LogP contribution in [0.2, 0.25) is 0 Å². The van der Waals surface area contributed by atoms with E-state index < -0.39 is 9.84 Å². The lowest BCUT2D eigenvalue weighted by Gasteiger charge is -2.13. The Balaban J connectivity index is 2.29. The van der Waals surface area contributed by atoms with Crippen LogP contribution in [-0.2, 0) is 16.4 Å². The SMILES string of the molecule is Cc1c(C#N)c(N)n(CC2CCS(=O)(=O)C2)c1C. The molecule has 1 unspecified atom stereocenters. The minimum atomic E-state index is -2.87. The molecule has 1 fully saturated rings. The average molecular weight is 267 g/mol. The third-order valence-electron chi connectivity index (χ3n) is 3.75. The number of nitriles is 1. The molecule has 1 aromatic heterocycles. The number of nitrogens with two attached hydrogens (primary N) is 1. The van der Waals surface area contributed by atoms with Crippen LogP contribution >= 0.6 is 0 Å². The molecular formula is C12H17N3O2S. The van der Waals surface area contributed by atoms with Crippen molar-refractivity contribution in [3.05, 3.63) is 16.8 Å². The highest BCUT2D eigenvalue weighted by atomic mass is 32.2. The van der Waals surface area contributed by atoms with Gasteiger partial charge in [0.15, 0.2) is 9.84 Å². The van der Waals surface area contributed by atoms with Crippen molar-refractivity contribution in [1.82, 2.24) is 4.57 Å². The first-order valence-corrected chi connectivity index (χ1v) is 7.73. The summed E-state index contributed by atoms with van der Waals surface area (Å²) in [4.78, 5) is 0. The van der Waals surface area contributed by atoms with Crippen LogP contribution in [0.25, 0.3) is 0 Å². The van der Waals surface area contributed by atoms with E-state index >= 15 is 0 Å². The smallest absolute Gasteiger partial charge is 0.150 e. The van der Waals surface area contributed by atoms with E-state index in [9.17, 15) is 8.42 Å². The minimum absolute atomic E-state index is 0.106. The summed E-state index contributed by atoms with van der Waals surface area (Å²) < 4.78 is 24.7. The van der Waals surface area contributed by atoms with Crippen LogP contribution in [0, 0.1) is 31.1 Å². The summed E-state index contributed by atoms with van der Waals surface area (Å²) in [6.45, 7) is 4.36. The summed E-state index contributed by atoms with van der Waals surface area (Å²) in [6, 6.07) is 2.10. The van der Waals surface area contributed by atoms with Gasteiger partial charge >= 0.3 is 0 Å². The van der Waals surface area contributed by atoms with Crippen molar-refractivity contribution >= 4 is 15.7 Å². The van der Waals surface area contributed by atoms with Crippen molar-refractivity contribution in [3.8, 4) is 6.07 Å². The molecule has 2 heterocycles. The maximum atomic E-state index is 11.4. The Labute approximate surface area is 107 Å². The number of nitrogens with zero attached hydrogens (tertiary/aromatic N) is 2. The predicted octanol–water partition coefficient (Wildman–Crippen LogP) is 0.994. The zero-order chi connectivity index (χ0) is 13.5. The van der Waals surface area contributed by atoms with Gasteiger partial charge < -0.3 is 10.3 Å². The Morgan fingerprint density at radius 2 is 2.17 bits per heavy atom. The zero-order valence-electron chi connectivity index (χ0n) is 10.6. The molecule has 1 saturated heterocycles. The van der Waals surface area contributed by atoms with Crippen LogP contribution in [-0.4, -0.2) is 24.5 Å². The lowest BCUT2D eigenvalue weighted by atomic mass is 10.1. The van der Waals surface area contributed by atoms with Gasteiger partial charge in [0.1, 0.15) is 11.9 Å². The summed E-state index contributed by atoms with van der Waals surface area (Å²) in [5, 5.41) is 9.04. The van der Waals surface area contributed by atoms with E-state index in [0.717, 1.165) is 11.3 Å². The fourth-order valence-electron chi connectivity index (χ4n) is 2.54. The van der Waals surface area contributed by atoms with Crippen molar-refractivity contribution in [1.29, 1.82) is 5.26 Å². The summed E-state index contributed by atoms with van der Waals surface area (Å²) in [6.07, 6.45) is 0.681. The molecule has 2 rings (SSSR count). The molecule has 98 valence electrons. The number of hydrogen-bond donors (Lipinski definition) is 1. The van der Waals surface area contributed by atoms with Crippen LogP contribution in [0.5, 0.6) is 0 Å². The van der Waals surface area contributed by atoms with Gasteiger partial charge in [-0.1, -0.05) is 0 Å². The van der Waals surface area contributed by atoms with E-state index in [1.807, 2.05) is 18.4 Å². The molecular weight excluding hydrogens is 250 g/mol. The molecule has 0 saturated carbocycles. The quantitative estimate of drug-likeness (QED) is 0.865. The van der Waals surface area contributed by atoms with Gasteiger partial charge in [-0.15, -0.1) is 0 Å². The summed E-state index contributed by atoms with van der Waals surface area (Å²) in [5.41, 5.74) is 8.30.